The molecule has 0 radical (unpaired) electrons. The van der Waals surface area contributed by atoms with E-state index in [0.717, 1.165) is 16.5 Å². The number of nitrogens with zero attached hydrogens (tertiary/aromatic N) is 3. The van der Waals surface area contributed by atoms with E-state index in [2.05, 4.69) is 4.98 Å². The van der Waals surface area contributed by atoms with Gasteiger partial charge in [0, 0.05) is 48.9 Å². The highest BCUT2D eigenvalue weighted by Crippen LogP contribution is 2.25. The van der Waals surface area contributed by atoms with E-state index in [1.165, 1.54) is 10.4 Å². The zero-order chi connectivity index (χ0) is 22.0. The maximum absolute atomic E-state index is 13.3. The van der Waals surface area contributed by atoms with Gasteiger partial charge in [0.1, 0.15) is 4.90 Å². The van der Waals surface area contributed by atoms with Crippen LogP contribution in [-0.2, 0) is 14.8 Å². The highest BCUT2D eigenvalue weighted by molar-refractivity contribution is 7.89. The van der Waals surface area contributed by atoms with Crippen LogP contribution in [0.15, 0.2) is 65.7 Å². The quantitative estimate of drug-likeness (QED) is 0.562. The number of aromatic nitrogens is 1. The number of fused-ring (bicyclic) bond motifs is 1. The number of carbonyl (C=O) groups is 1. The number of carbonyl (C=O) groups excluding carboxylic acids is 1. The number of sulfonamides is 1. The number of aryl methyl sites for hydroxylation is 1. The molecule has 4 rings (SSSR count). The van der Waals surface area contributed by atoms with E-state index in [4.69, 9.17) is 11.6 Å². The minimum Gasteiger partial charge on any atom is -0.337 e. The fourth-order valence-electron chi connectivity index (χ4n) is 3.59. The van der Waals surface area contributed by atoms with Gasteiger partial charge in [-0.2, -0.15) is 4.31 Å². The molecule has 8 heteroatoms. The summed E-state index contributed by atoms with van der Waals surface area (Å²) in [6.45, 7) is 3.07. The number of amides is 1. The van der Waals surface area contributed by atoms with Gasteiger partial charge in [-0.25, -0.2) is 8.42 Å². The number of halogens is 1. The summed E-state index contributed by atoms with van der Waals surface area (Å²) >= 11 is 5.87. The third kappa shape index (κ3) is 4.63. The van der Waals surface area contributed by atoms with Gasteiger partial charge in [0.25, 0.3) is 0 Å². The molecule has 1 amide bonds. The SMILES string of the molecule is Cc1cnc2c(S(=O)(=O)N3CCN(C(=O)/C=C/c4ccc(Cl)cc4)CC3)cccc2c1. The van der Waals surface area contributed by atoms with Crippen LogP contribution in [0.25, 0.3) is 17.0 Å². The van der Waals surface area contributed by atoms with Crippen molar-refractivity contribution < 1.29 is 13.2 Å². The number of piperazine rings is 1. The summed E-state index contributed by atoms with van der Waals surface area (Å²) in [6, 6.07) is 14.3. The summed E-state index contributed by atoms with van der Waals surface area (Å²) in [5, 5.41) is 1.43. The molecule has 0 saturated carbocycles. The van der Waals surface area contributed by atoms with E-state index < -0.39 is 10.0 Å². The second-order valence-corrected chi connectivity index (χ2v) is 9.80. The Hall–Kier alpha value is -2.74. The smallest absolute Gasteiger partial charge is 0.246 e. The molecule has 3 aromatic rings. The molecule has 6 nitrogen and oxygen atoms in total. The fourth-order valence-corrected chi connectivity index (χ4v) is 5.30. The summed E-state index contributed by atoms with van der Waals surface area (Å²) in [6.07, 6.45) is 4.90. The summed E-state index contributed by atoms with van der Waals surface area (Å²) in [7, 11) is -3.71. The predicted molar refractivity (Wildman–Crippen MR) is 122 cm³/mol. The van der Waals surface area contributed by atoms with Gasteiger partial charge in [0.2, 0.25) is 15.9 Å². The van der Waals surface area contributed by atoms with E-state index in [1.807, 2.05) is 31.2 Å². The lowest BCUT2D eigenvalue weighted by Crippen LogP contribution is -2.50. The van der Waals surface area contributed by atoms with Crippen LogP contribution in [0.2, 0.25) is 5.02 Å². The van der Waals surface area contributed by atoms with Crippen molar-refractivity contribution in [3.8, 4) is 0 Å². The van der Waals surface area contributed by atoms with Crippen molar-refractivity contribution in [2.75, 3.05) is 26.2 Å². The molecule has 0 aliphatic carbocycles. The highest BCUT2D eigenvalue weighted by Gasteiger charge is 2.31. The number of rotatable bonds is 4. The van der Waals surface area contributed by atoms with Gasteiger partial charge in [-0.15, -0.1) is 0 Å². The van der Waals surface area contributed by atoms with Crippen LogP contribution in [0.5, 0.6) is 0 Å². The van der Waals surface area contributed by atoms with E-state index in [-0.39, 0.29) is 23.9 Å². The molecule has 1 aromatic heterocycles. The molecule has 0 unspecified atom stereocenters. The molecule has 2 heterocycles. The number of para-hydroxylation sites is 1. The Bertz CT molecular complexity index is 1250. The van der Waals surface area contributed by atoms with Gasteiger partial charge in [-0.05, 0) is 48.4 Å². The Kier molecular flexibility index (Phi) is 6.09. The largest absolute Gasteiger partial charge is 0.337 e. The monoisotopic (exact) mass is 455 g/mol. The second-order valence-electron chi connectivity index (χ2n) is 7.45. The fraction of sp³-hybridized carbons (Fsp3) is 0.217. The molecule has 1 fully saturated rings. The standard InChI is InChI=1S/C23H22ClN3O3S/c1-17-15-19-3-2-4-21(23(19)25-16-17)31(29,30)27-13-11-26(12-14-27)22(28)10-7-18-5-8-20(24)9-6-18/h2-10,15-16H,11-14H2,1H3/b10-7+. The summed E-state index contributed by atoms with van der Waals surface area (Å²) in [5.41, 5.74) is 2.32. The topological polar surface area (TPSA) is 70.6 Å². The third-order valence-corrected chi connectivity index (χ3v) is 7.45. The van der Waals surface area contributed by atoms with E-state index in [0.29, 0.717) is 23.6 Å². The maximum Gasteiger partial charge on any atom is 0.246 e. The van der Waals surface area contributed by atoms with Crippen LogP contribution >= 0.6 is 11.6 Å². The molecule has 0 atom stereocenters. The molecule has 0 N–H and O–H groups in total. The molecule has 1 saturated heterocycles. The van der Waals surface area contributed by atoms with Crippen LogP contribution in [0.4, 0.5) is 0 Å². The third-order valence-electron chi connectivity index (χ3n) is 5.27. The highest BCUT2D eigenvalue weighted by atomic mass is 35.5. The van der Waals surface area contributed by atoms with Crippen molar-refractivity contribution in [2.24, 2.45) is 0 Å². The molecule has 1 aliphatic heterocycles. The van der Waals surface area contributed by atoms with Gasteiger partial charge in [0.05, 0.1) is 5.52 Å². The van der Waals surface area contributed by atoms with Crippen LogP contribution < -0.4 is 0 Å². The Morgan fingerprint density at radius 2 is 1.77 bits per heavy atom. The number of benzene rings is 2. The van der Waals surface area contributed by atoms with Gasteiger partial charge in [-0.3, -0.25) is 9.78 Å². The molecule has 2 aromatic carbocycles. The van der Waals surface area contributed by atoms with Crippen molar-refractivity contribution in [3.63, 3.8) is 0 Å². The molecule has 0 spiro atoms. The Labute approximate surface area is 186 Å². The first-order chi connectivity index (χ1) is 14.8. The normalized spacial score (nSPS) is 15.6. The van der Waals surface area contributed by atoms with Crippen molar-refractivity contribution in [3.05, 3.63) is 77.0 Å². The average Bonchev–Trinajstić information content (AvgIpc) is 2.78. The van der Waals surface area contributed by atoms with Gasteiger partial charge < -0.3 is 4.90 Å². The zero-order valence-electron chi connectivity index (χ0n) is 17.0. The Morgan fingerprint density at radius 1 is 1.06 bits per heavy atom. The van der Waals surface area contributed by atoms with Crippen molar-refractivity contribution in [2.45, 2.75) is 11.8 Å². The van der Waals surface area contributed by atoms with Crippen molar-refractivity contribution in [1.29, 1.82) is 0 Å². The first-order valence-corrected chi connectivity index (χ1v) is 11.7. The van der Waals surface area contributed by atoms with Crippen LogP contribution in [0, 0.1) is 6.92 Å². The minimum absolute atomic E-state index is 0.144. The molecule has 0 bridgehead atoms. The average molecular weight is 456 g/mol. The van der Waals surface area contributed by atoms with E-state index in [1.54, 1.807) is 41.4 Å². The summed E-state index contributed by atoms with van der Waals surface area (Å²) in [5.74, 6) is -0.144. The van der Waals surface area contributed by atoms with Gasteiger partial charge >= 0.3 is 0 Å². The summed E-state index contributed by atoms with van der Waals surface area (Å²) < 4.78 is 27.9. The van der Waals surface area contributed by atoms with Crippen LogP contribution in [0.1, 0.15) is 11.1 Å². The summed E-state index contributed by atoms with van der Waals surface area (Å²) in [4.78, 5) is 18.7. The molecular weight excluding hydrogens is 434 g/mol. The minimum atomic E-state index is -3.71. The molecule has 31 heavy (non-hydrogen) atoms. The Balaban J connectivity index is 1.46. The van der Waals surface area contributed by atoms with E-state index in [9.17, 15) is 13.2 Å². The lowest BCUT2D eigenvalue weighted by atomic mass is 10.2. The first kappa shape index (κ1) is 21.5. The zero-order valence-corrected chi connectivity index (χ0v) is 18.6. The van der Waals surface area contributed by atoms with Crippen molar-refractivity contribution in [1.82, 2.24) is 14.2 Å². The predicted octanol–water partition coefficient (Wildman–Crippen LogP) is 3.74. The van der Waals surface area contributed by atoms with Crippen molar-refractivity contribution >= 4 is 44.5 Å². The van der Waals surface area contributed by atoms with Gasteiger partial charge in [-0.1, -0.05) is 35.9 Å². The first-order valence-electron chi connectivity index (χ1n) is 9.93. The molecular formula is C23H22ClN3O3S. The van der Waals surface area contributed by atoms with Crippen LogP contribution in [-0.4, -0.2) is 54.7 Å². The lowest BCUT2D eigenvalue weighted by molar-refractivity contribution is -0.127. The lowest BCUT2D eigenvalue weighted by Gasteiger charge is -2.33. The Morgan fingerprint density at radius 3 is 2.48 bits per heavy atom. The maximum atomic E-state index is 13.3. The second kappa shape index (κ2) is 8.78. The number of hydrogen-bond donors (Lipinski definition) is 0. The molecule has 1 aliphatic rings. The molecule has 160 valence electrons. The van der Waals surface area contributed by atoms with Gasteiger partial charge in [0.15, 0.2) is 0 Å². The number of pyridine rings is 1. The van der Waals surface area contributed by atoms with E-state index >= 15 is 0 Å². The number of hydrogen-bond acceptors (Lipinski definition) is 4. The van der Waals surface area contributed by atoms with Crippen LogP contribution in [0.3, 0.4) is 0 Å².